The minimum Gasteiger partial charge on any atom is -0.367 e. The summed E-state index contributed by atoms with van der Waals surface area (Å²) in [7, 11) is 0. The van der Waals surface area contributed by atoms with E-state index in [2.05, 4.69) is 32.8 Å². The second-order valence-corrected chi connectivity index (χ2v) is 8.04. The summed E-state index contributed by atoms with van der Waals surface area (Å²) in [5.74, 6) is 0.974. The fourth-order valence-corrected chi connectivity index (χ4v) is 4.66. The zero-order valence-electron chi connectivity index (χ0n) is 14.2. The predicted molar refractivity (Wildman–Crippen MR) is 108 cm³/mol. The molecule has 0 bridgehead atoms. The first-order chi connectivity index (χ1) is 12.3. The number of benzene rings is 1. The van der Waals surface area contributed by atoms with E-state index in [1.165, 1.54) is 50.5 Å². The lowest BCUT2D eigenvalue weighted by Crippen LogP contribution is -2.21. The van der Waals surface area contributed by atoms with Crippen molar-refractivity contribution in [1.82, 2.24) is 9.97 Å². The Kier molecular flexibility index (Phi) is 5.18. The largest absolute Gasteiger partial charge is 0.367 e. The van der Waals surface area contributed by atoms with Gasteiger partial charge < -0.3 is 5.32 Å². The summed E-state index contributed by atoms with van der Waals surface area (Å²) in [6.45, 7) is 0. The van der Waals surface area contributed by atoms with Crippen LogP contribution in [0.5, 0.6) is 0 Å². The number of thiophene rings is 1. The molecule has 5 heteroatoms. The smallest absolute Gasteiger partial charge is 0.139 e. The second-order valence-electron chi connectivity index (χ2n) is 6.75. The summed E-state index contributed by atoms with van der Waals surface area (Å²) < 4.78 is 0. The van der Waals surface area contributed by atoms with Gasteiger partial charge in [0.1, 0.15) is 17.0 Å². The molecular weight excluding hydrogens is 350 g/mol. The van der Waals surface area contributed by atoms with Crippen LogP contribution in [0.3, 0.4) is 0 Å². The van der Waals surface area contributed by atoms with Crippen molar-refractivity contribution >= 4 is 39.0 Å². The molecule has 3 aromatic rings. The fourth-order valence-electron chi connectivity index (χ4n) is 3.62. The van der Waals surface area contributed by atoms with E-state index in [-0.39, 0.29) is 0 Å². The lowest BCUT2D eigenvalue weighted by atomic mass is 9.96. The Morgan fingerprint density at radius 2 is 1.68 bits per heavy atom. The topological polar surface area (TPSA) is 37.8 Å². The first-order valence-corrected chi connectivity index (χ1v) is 10.3. The van der Waals surface area contributed by atoms with Crippen molar-refractivity contribution in [2.24, 2.45) is 0 Å². The summed E-state index contributed by atoms with van der Waals surface area (Å²) in [6, 6.07) is 8.52. The molecule has 25 heavy (non-hydrogen) atoms. The molecular formula is C20H22ClN3S. The minimum atomic E-state index is 0.511. The van der Waals surface area contributed by atoms with Crippen LogP contribution in [0.2, 0.25) is 5.02 Å². The number of nitrogens with zero attached hydrogens (tertiary/aromatic N) is 2. The maximum absolute atomic E-state index is 6.05. The van der Waals surface area contributed by atoms with E-state index in [4.69, 9.17) is 11.6 Å². The van der Waals surface area contributed by atoms with E-state index in [0.717, 1.165) is 26.6 Å². The number of hydrogen-bond donors (Lipinski definition) is 1. The van der Waals surface area contributed by atoms with Crippen LogP contribution in [0, 0.1) is 0 Å². The Balaban J connectivity index is 1.68. The molecule has 1 aliphatic rings. The van der Waals surface area contributed by atoms with Gasteiger partial charge in [-0.15, -0.1) is 11.3 Å². The lowest BCUT2D eigenvalue weighted by Gasteiger charge is -2.22. The first kappa shape index (κ1) is 16.8. The van der Waals surface area contributed by atoms with Gasteiger partial charge in [0.2, 0.25) is 0 Å². The summed E-state index contributed by atoms with van der Waals surface area (Å²) in [5, 5.41) is 7.79. The molecule has 1 aliphatic carbocycles. The molecule has 1 saturated carbocycles. The Hall–Kier alpha value is -1.65. The monoisotopic (exact) mass is 371 g/mol. The van der Waals surface area contributed by atoms with Crippen LogP contribution in [0.1, 0.15) is 44.9 Å². The molecule has 2 aromatic heterocycles. The SMILES string of the molecule is Clc1ccc(-c2csc3ncnc(NC4CCCCCCC4)c23)cc1. The van der Waals surface area contributed by atoms with Gasteiger partial charge in [-0.05, 0) is 30.5 Å². The second kappa shape index (κ2) is 7.71. The highest BCUT2D eigenvalue weighted by Crippen LogP contribution is 2.37. The highest BCUT2D eigenvalue weighted by atomic mass is 35.5. The molecule has 1 fully saturated rings. The Bertz CT molecular complexity index is 836. The number of nitrogens with one attached hydrogen (secondary N) is 1. The molecule has 0 spiro atoms. The third-order valence-corrected chi connectivity index (χ3v) is 6.11. The van der Waals surface area contributed by atoms with Crippen molar-refractivity contribution in [2.45, 2.75) is 51.0 Å². The number of aromatic nitrogens is 2. The van der Waals surface area contributed by atoms with Crippen LogP contribution in [0.4, 0.5) is 5.82 Å². The minimum absolute atomic E-state index is 0.511. The predicted octanol–water partition coefficient (Wildman–Crippen LogP) is 6.54. The maximum Gasteiger partial charge on any atom is 0.139 e. The summed E-state index contributed by atoms with van der Waals surface area (Å²) in [4.78, 5) is 10.1. The average molecular weight is 372 g/mol. The third kappa shape index (κ3) is 3.80. The molecule has 4 rings (SSSR count). The van der Waals surface area contributed by atoms with Gasteiger partial charge in [0.05, 0.1) is 5.39 Å². The van der Waals surface area contributed by atoms with Crippen molar-refractivity contribution in [3.63, 3.8) is 0 Å². The van der Waals surface area contributed by atoms with Crippen LogP contribution in [0.15, 0.2) is 36.0 Å². The van der Waals surface area contributed by atoms with E-state index < -0.39 is 0 Å². The molecule has 3 nitrogen and oxygen atoms in total. The number of fused-ring (bicyclic) bond motifs is 1. The third-order valence-electron chi connectivity index (χ3n) is 4.97. The number of rotatable bonds is 3. The van der Waals surface area contributed by atoms with Crippen LogP contribution in [0.25, 0.3) is 21.3 Å². The molecule has 0 amide bonds. The summed E-state index contributed by atoms with van der Waals surface area (Å²) in [6.07, 6.45) is 10.8. The van der Waals surface area contributed by atoms with E-state index in [1.807, 2.05) is 12.1 Å². The van der Waals surface area contributed by atoms with Crippen molar-refractivity contribution in [1.29, 1.82) is 0 Å². The van der Waals surface area contributed by atoms with Gasteiger partial charge in [-0.25, -0.2) is 9.97 Å². The normalized spacial score (nSPS) is 16.5. The Morgan fingerprint density at radius 3 is 2.44 bits per heavy atom. The van der Waals surface area contributed by atoms with E-state index in [1.54, 1.807) is 17.7 Å². The van der Waals surface area contributed by atoms with Crippen molar-refractivity contribution in [3.05, 3.63) is 41.0 Å². The van der Waals surface area contributed by atoms with Crippen LogP contribution >= 0.6 is 22.9 Å². The van der Waals surface area contributed by atoms with E-state index in [0.29, 0.717) is 6.04 Å². The molecule has 1 aromatic carbocycles. The Morgan fingerprint density at radius 1 is 0.960 bits per heavy atom. The van der Waals surface area contributed by atoms with Gasteiger partial charge >= 0.3 is 0 Å². The van der Waals surface area contributed by atoms with Gasteiger partial charge in [0.15, 0.2) is 0 Å². The maximum atomic E-state index is 6.05. The Labute approximate surface area is 157 Å². The van der Waals surface area contributed by atoms with Crippen LogP contribution < -0.4 is 5.32 Å². The first-order valence-electron chi connectivity index (χ1n) is 9.06. The van der Waals surface area contributed by atoms with Crippen molar-refractivity contribution < 1.29 is 0 Å². The van der Waals surface area contributed by atoms with Gasteiger partial charge in [-0.2, -0.15) is 0 Å². The quantitative estimate of drug-likeness (QED) is 0.568. The molecule has 0 atom stereocenters. The fraction of sp³-hybridized carbons (Fsp3) is 0.400. The summed E-state index contributed by atoms with van der Waals surface area (Å²) in [5.41, 5.74) is 2.34. The number of anilines is 1. The highest BCUT2D eigenvalue weighted by molar-refractivity contribution is 7.17. The molecule has 0 saturated heterocycles. The van der Waals surface area contributed by atoms with Crippen LogP contribution in [-0.4, -0.2) is 16.0 Å². The number of halogens is 1. The van der Waals surface area contributed by atoms with E-state index >= 15 is 0 Å². The molecule has 2 heterocycles. The van der Waals surface area contributed by atoms with Gasteiger partial charge in [0.25, 0.3) is 0 Å². The zero-order valence-corrected chi connectivity index (χ0v) is 15.7. The molecule has 1 N–H and O–H groups in total. The highest BCUT2D eigenvalue weighted by Gasteiger charge is 2.17. The van der Waals surface area contributed by atoms with Gasteiger partial charge in [-0.3, -0.25) is 0 Å². The van der Waals surface area contributed by atoms with Crippen molar-refractivity contribution in [2.75, 3.05) is 5.32 Å². The molecule has 0 aliphatic heterocycles. The molecule has 0 unspecified atom stereocenters. The standard InChI is InChI=1S/C20H22ClN3S/c21-15-10-8-14(9-11-15)17-12-25-20-18(17)19(22-13-23-20)24-16-6-4-2-1-3-5-7-16/h8-13,16H,1-7H2,(H,22,23,24). The average Bonchev–Trinajstić information content (AvgIpc) is 3.03. The van der Waals surface area contributed by atoms with Crippen molar-refractivity contribution in [3.8, 4) is 11.1 Å². The van der Waals surface area contributed by atoms with Crippen LogP contribution in [-0.2, 0) is 0 Å². The van der Waals surface area contributed by atoms with Gasteiger partial charge in [0, 0.05) is 22.0 Å². The lowest BCUT2D eigenvalue weighted by molar-refractivity contribution is 0.471. The van der Waals surface area contributed by atoms with E-state index in [9.17, 15) is 0 Å². The van der Waals surface area contributed by atoms with Gasteiger partial charge in [-0.1, -0.05) is 55.8 Å². The summed E-state index contributed by atoms with van der Waals surface area (Å²) >= 11 is 7.72. The number of hydrogen-bond acceptors (Lipinski definition) is 4. The zero-order chi connectivity index (χ0) is 17.1. The molecule has 130 valence electrons. The molecule has 0 radical (unpaired) electrons.